The molecule has 1 aromatic heterocycles. The molecule has 1 atom stereocenters. The Balaban J connectivity index is 1.34. The molecular weight excluding hydrogens is 508 g/mol. The number of nitrogens with one attached hydrogen (secondary N) is 1. The molecule has 1 saturated carbocycles. The second-order valence-electron chi connectivity index (χ2n) is 10.9. The van der Waals surface area contributed by atoms with Crippen LogP contribution >= 0.6 is 0 Å². The van der Waals surface area contributed by atoms with Gasteiger partial charge in [0.15, 0.2) is 4.90 Å². The van der Waals surface area contributed by atoms with Gasteiger partial charge in [0, 0.05) is 30.5 Å². The summed E-state index contributed by atoms with van der Waals surface area (Å²) in [5.41, 5.74) is 3.19. The first-order valence-corrected chi connectivity index (χ1v) is 14.7. The van der Waals surface area contributed by atoms with Crippen LogP contribution in [0.1, 0.15) is 51.4 Å². The number of piperidine rings is 1. The predicted octanol–water partition coefficient (Wildman–Crippen LogP) is 5.29. The number of rotatable bonds is 9. The number of hydrogen-bond donors (Lipinski definition) is 1. The molecule has 0 amide bonds. The number of likely N-dealkylation sites (N-methyl/N-ethyl adjacent to an activating group) is 1. The molecule has 2 aromatic rings. The van der Waals surface area contributed by atoms with Gasteiger partial charge in [0.25, 0.3) is 10.0 Å². The molecule has 2 aliphatic carbocycles. The van der Waals surface area contributed by atoms with E-state index >= 15 is 8.78 Å². The van der Waals surface area contributed by atoms with E-state index in [1.165, 1.54) is 37.1 Å². The molecule has 3 aliphatic rings. The van der Waals surface area contributed by atoms with Crippen molar-refractivity contribution >= 4 is 21.5 Å². The maximum atomic E-state index is 15.2. The Kier molecular flexibility index (Phi) is 7.55. The fraction of sp³-hybridized carbons (Fsp3) is 0.500. The van der Waals surface area contributed by atoms with Gasteiger partial charge in [-0.3, -0.25) is 4.72 Å². The number of benzene rings is 1. The minimum atomic E-state index is -4.51. The fourth-order valence-electron chi connectivity index (χ4n) is 5.77. The van der Waals surface area contributed by atoms with E-state index in [-0.39, 0.29) is 11.4 Å². The topological polar surface area (TPSA) is 78.4 Å². The summed E-state index contributed by atoms with van der Waals surface area (Å²) < 4.78 is 57.9. The number of sulfonamides is 1. The summed E-state index contributed by atoms with van der Waals surface area (Å²) in [4.78, 5) is 10.7. The zero-order valence-corrected chi connectivity index (χ0v) is 22.8. The smallest absolute Gasteiger partial charge is 0.268 e. The van der Waals surface area contributed by atoms with Gasteiger partial charge in [-0.2, -0.15) is 0 Å². The van der Waals surface area contributed by atoms with Gasteiger partial charge in [0.05, 0.1) is 0 Å². The van der Waals surface area contributed by atoms with Gasteiger partial charge >= 0.3 is 0 Å². The van der Waals surface area contributed by atoms with Crippen LogP contribution in [0.25, 0.3) is 0 Å². The second kappa shape index (κ2) is 10.7. The summed E-state index contributed by atoms with van der Waals surface area (Å²) in [5.74, 6) is -1.54. The summed E-state index contributed by atoms with van der Waals surface area (Å²) in [7, 11) is -0.376. The minimum absolute atomic E-state index is 0.0677. The Hall–Kier alpha value is -2.85. The highest BCUT2D eigenvalue weighted by Gasteiger charge is 2.38. The van der Waals surface area contributed by atoms with Crippen molar-refractivity contribution in [2.75, 3.05) is 36.8 Å². The molecule has 0 radical (unpaired) electrons. The summed E-state index contributed by atoms with van der Waals surface area (Å²) in [6.07, 6.45) is 15.9. The molecule has 0 unspecified atom stereocenters. The third-order valence-corrected chi connectivity index (χ3v) is 9.54. The van der Waals surface area contributed by atoms with Crippen LogP contribution < -0.4 is 9.62 Å². The Morgan fingerprint density at radius 2 is 1.97 bits per heavy atom. The molecule has 204 valence electrons. The van der Waals surface area contributed by atoms with Crippen LogP contribution in [0.2, 0.25) is 0 Å². The van der Waals surface area contributed by atoms with Crippen molar-refractivity contribution in [3.63, 3.8) is 0 Å². The van der Waals surface area contributed by atoms with Gasteiger partial charge in [-0.05, 0) is 89.6 Å². The van der Waals surface area contributed by atoms with Crippen LogP contribution in [0, 0.1) is 17.6 Å². The highest BCUT2D eigenvalue weighted by Crippen LogP contribution is 2.42. The van der Waals surface area contributed by atoms with Crippen LogP contribution in [-0.4, -0.2) is 56.0 Å². The van der Waals surface area contributed by atoms with Crippen molar-refractivity contribution in [1.82, 2.24) is 14.9 Å². The van der Waals surface area contributed by atoms with Crippen molar-refractivity contribution < 1.29 is 17.2 Å². The molecule has 38 heavy (non-hydrogen) atoms. The quantitative estimate of drug-likeness (QED) is 0.463. The van der Waals surface area contributed by atoms with Gasteiger partial charge in [-0.15, -0.1) is 0 Å². The molecule has 1 saturated heterocycles. The highest BCUT2D eigenvalue weighted by molar-refractivity contribution is 7.92. The number of allylic oxidation sites excluding steroid dienone is 4. The SMILES string of the molecule is CN(C)[C@]1(CCC2=CCCC(C3CC3)=C2)CCCN(c2cc(F)c(S(=O)(=O)Nc3ccncn3)c(F)c2)C1. The zero-order valence-electron chi connectivity index (χ0n) is 22.0. The van der Waals surface area contributed by atoms with E-state index in [4.69, 9.17) is 0 Å². The molecule has 7 nitrogen and oxygen atoms in total. The van der Waals surface area contributed by atoms with Crippen LogP contribution in [0.3, 0.4) is 0 Å². The minimum Gasteiger partial charge on any atom is -0.370 e. The molecule has 2 heterocycles. The van der Waals surface area contributed by atoms with Crippen molar-refractivity contribution in [3.05, 3.63) is 65.7 Å². The normalized spacial score (nSPS) is 22.3. The van der Waals surface area contributed by atoms with Gasteiger partial charge in [0.1, 0.15) is 23.8 Å². The Bertz CT molecular complexity index is 1320. The lowest BCUT2D eigenvalue weighted by atomic mass is 9.81. The third kappa shape index (κ3) is 5.76. The third-order valence-electron chi connectivity index (χ3n) is 8.13. The van der Waals surface area contributed by atoms with E-state index in [1.54, 1.807) is 5.57 Å². The van der Waals surface area contributed by atoms with Crippen molar-refractivity contribution in [2.24, 2.45) is 5.92 Å². The molecule has 1 N–H and O–H groups in total. The molecule has 2 fully saturated rings. The molecular formula is C28H35F2N5O2S. The largest absolute Gasteiger partial charge is 0.370 e. The first-order valence-electron chi connectivity index (χ1n) is 13.3. The second-order valence-corrected chi connectivity index (χ2v) is 12.5. The molecule has 0 bridgehead atoms. The average Bonchev–Trinajstić information content (AvgIpc) is 3.73. The van der Waals surface area contributed by atoms with Crippen LogP contribution in [0.5, 0.6) is 0 Å². The standard InChI is InChI=1S/C28H35F2N5O2S/c1-34(2)28(12-9-20-5-3-6-22(15-20)21-7-8-21)11-4-14-35(18-28)23-16-24(29)27(25(30)17-23)38(36,37)33-26-10-13-31-19-32-26/h5,10,13,15-17,19,21H,3-4,6-9,11-12,14,18H2,1-2H3,(H,31,32,33)/t28-/m0/s1. The van der Waals surface area contributed by atoms with E-state index < -0.39 is 26.6 Å². The summed E-state index contributed by atoms with van der Waals surface area (Å²) in [6, 6.07) is 3.55. The lowest BCUT2D eigenvalue weighted by molar-refractivity contribution is 0.116. The monoisotopic (exact) mass is 543 g/mol. The number of aromatic nitrogens is 2. The van der Waals surface area contributed by atoms with E-state index in [9.17, 15) is 8.42 Å². The van der Waals surface area contributed by atoms with Gasteiger partial charge in [-0.25, -0.2) is 27.2 Å². The molecule has 0 spiro atoms. The van der Waals surface area contributed by atoms with E-state index in [1.807, 2.05) is 4.90 Å². The predicted molar refractivity (Wildman–Crippen MR) is 144 cm³/mol. The first kappa shape index (κ1) is 26.7. The van der Waals surface area contributed by atoms with Crippen molar-refractivity contribution in [1.29, 1.82) is 0 Å². The summed E-state index contributed by atoms with van der Waals surface area (Å²) in [5, 5.41) is 0. The zero-order chi connectivity index (χ0) is 26.9. The fourth-order valence-corrected chi connectivity index (χ4v) is 6.90. The Labute approximate surface area is 223 Å². The first-order chi connectivity index (χ1) is 18.2. The van der Waals surface area contributed by atoms with Gasteiger partial charge in [0.2, 0.25) is 0 Å². The lowest BCUT2D eigenvalue weighted by Crippen LogP contribution is -2.56. The van der Waals surface area contributed by atoms with Crippen molar-refractivity contribution in [2.45, 2.75) is 61.8 Å². The van der Waals surface area contributed by atoms with Crippen LogP contribution in [0.15, 0.2) is 58.9 Å². The highest BCUT2D eigenvalue weighted by atomic mass is 32.2. The number of hydrogen-bond acceptors (Lipinski definition) is 6. The Morgan fingerprint density at radius 3 is 2.63 bits per heavy atom. The summed E-state index contributed by atoms with van der Waals surface area (Å²) >= 11 is 0. The van der Waals surface area contributed by atoms with E-state index in [2.05, 4.69) is 45.8 Å². The average molecular weight is 544 g/mol. The van der Waals surface area contributed by atoms with Crippen molar-refractivity contribution in [3.8, 4) is 0 Å². The van der Waals surface area contributed by atoms with Crippen LogP contribution in [-0.2, 0) is 10.0 Å². The maximum Gasteiger partial charge on any atom is 0.268 e. The van der Waals surface area contributed by atoms with E-state index in [0.717, 1.165) is 56.5 Å². The van der Waals surface area contributed by atoms with E-state index in [0.29, 0.717) is 18.8 Å². The molecule has 10 heteroatoms. The Morgan fingerprint density at radius 1 is 1.21 bits per heavy atom. The van der Waals surface area contributed by atoms with Gasteiger partial charge in [-0.1, -0.05) is 23.3 Å². The number of nitrogens with zero attached hydrogens (tertiary/aromatic N) is 4. The van der Waals surface area contributed by atoms with Crippen LogP contribution in [0.4, 0.5) is 20.3 Å². The molecule has 5 rings (SSSR count). The summed E-state index contributed by atoms with van der Waals surface area (Å²) in [6.45, 7) is 1.25. The molecule has 1 aromatic carbocycles. The number of anilines is 2. The molecule has 1 aliphatic heterocycles. The number of halogens is 2. The lowest BCUT2D eigenvalue weighted by Gasteiger charge is -2.48. The maximum absolute atomic E-state index is 15.2. The van der Waals surface area contributed by atoms with Gasteiger partial charge < -0.3 is 9.80 Å².